The van der Waals surface area contributed by atoms with Crippen LogP contribution in [-0.4, -0.2) is 83.9 Å². The van der Waals surface area contributed by atoms with E-state index < -0.39 is 0 Å². The normalized spacial score (nSPS) is 17.8. The molecule has 180 valence electrons. The van der Waals surface area contributed by atoms with Crippen molar-refractivity contribution in [2.75, 3.05) is 57.4 Å². The van der Waals surface area contributed by atoms with Crippen LogP contribution in [-0.2, 0) is 29.7 Å². The Morgan fingerprint density at radius 3 is 2.58 bits per heavy atom. The molecule has 0 bridgehead atoms. The first-order chi connectivity index (χ1) is 15.6. The molecule has 0 saturated carbocycles. The minimum Gasteiger partial charge on any atom is -0.379 e. The van der Waals surface area contributed by atoms with Crippen LogP contribution >= 0.6 is 24.0 Å². The number of aliphatic imine (C=N–C) groups is 1. The highest BCUT2D eigenvalue weighted by Crippen LogP contribution is 2.17. The third-order valence-corrected chi connectivity index (χ3v) is 5.87. The second-order valence-corrected chi connectivity index (χ2v) is 8.17. The van der Waals surface area contributed by atoms with E-state index in [9.17, 15) is 4.79 Å². The Labute approximate surface area is 212 Å². The summed E-state index contributed by atoms with van der Waals surface area (Å²) in [5.41, 5.74) is 3.36. The number of carbonyl (C=O) groups is 1. The topological polar surface area (TPSA) is 78.2 Å². The number of aromatic nitrogens is 2. The van der Waals surface area contributed by atoms with Gasteiger partial charge in [-0.25, -0.2) is 4.99 Å². The second-order valence-electron chi connectivity index (χ2n) is 8.17. The van der Waals surface area contributed by atoms with Crippen molar-refractivity contribution < 1.29 is 9.53 Å². The summed E-state index contributed by atoms with van der Waals surface area (Å²) in [7, 11) is 1.86. The van der Waals surface area contributed by atoms with Gasteiger partial charge < -0.3 is 19.9 Å². The fourth-order valence-electron chi connectivity index (χ4n) is 4.13. The molecule has 2 aliphatic heterocycles. The Hall–Kier alpha value is -2.18. The van der Waals surface area contributed by atoms with Crippen molar-refractivity contribution in [3.05, 3.63) is 47.8 Å². The smallest absolute Gasteiger partial charge is 0.246 e. The van der Waals surface area contributed by atoms with Crippen LogP contribution in [0.3, 0.4) is 0 Å². The molecule has 0 radical (unpaired) electrons. The van der Waals surface area contributed by atoms with Gasteiger partial charge in [0.05, 0.1) is 31.6 Å². The number of guanidine groups is 1. The number of anilines is 1. The third-order valence-electron chi connectivity index (χ3n) is 5.87. The van der Waals surface area contributed by atoms with E-state index in [1.807, 2.05) is 18.1 Å². The summed E-state index contributed by atoms with van der Waals surface area (Å²) in [4.78, 5) is 24.0. The number of rotatable bonds is 6. The maximum atomic E-state index is 12.8. The molecule has 2 fully saturated rings. The van der Waals surface area contributed by atoms with E-state index >= 15 is 0 Å². The van der Waals surface area contributed by atoms with E-state index in [2.05, 4.69) is 46.5 Å². The average Bonchev–Trinajstić information content (AvgIpc) is 3.24. The first-order valence-corrected chi connectivity index (χ1v) is 11.3. The number of hydrogen-bond donors (Lipinski definition) is 1. The highest BCUT2D eigenvalue weighted by atomic mass is 127. The summed E-state index contributed by atoms with van der Waals surface area (Å²) in [5.74, 6) is 0.843. The van der Waals surface area contributed by atoms with Crippen LogP contribution in [0.25, 0.3) is 0 Å². The van der Waals surface area contributed by atoms with Gasteiger partial charge in [-0.1, -0.05) is 24.3 Å². The zero-order chi connectivity index (χ0) is 22.3. The fourth-order valence-corrected chi connectivity index (χ4v) is 4.13. The molecule has 0 atom stereocenters. The molecule has 2 aromatic rings. The lowest BCUT2D eigenvalue weighted by atomic mass is 10.1. The summed E-state index contributed by atoms with van der Waals surface area (Å²) in [6.45, 7) is 9.45. The number of benzene rings is 1. The summed E-state index contributed by atoms with van der Waals surface area (Å²) in [6.07, 6.45) is 3.61. The highest BCUT2D eigenvalue weighted by Gasteiger charge is 2.27. The molecule has 0 unspecified atom stereocenters. The number of halogens is 1. The summed E-state index contributed by atoms with van der Waals surface area (Å²) in [5, 5.41) is 7.55. The molecule has 1 N–H and O–H groups in total. The van der Waals surface area contributed by atoms with Crippen LogP contribution in [0.5, 0.6) is 0 Å². The molecular formula is C23H34IN7O2. The Balaban J connectivity index is 0.00000306. The molecule has 1 aromatic heterocycles. The van der Waals surface area contributed by atoms with Crippen LogP contribution in [0, 0.1) is 0 Å². The van der Waals surface area contributed by atoms with E-state index in [0.29, 0.717) is 19.6 Å². The number of aryl methyl sites for hydroxylation is 1. The quantitative estimate of drug-likeness (QED) is 0.326. The van der Waals surface area contributed by atoms with Gasteiger partial charge in [0, 0.05) is 52.5 Å². The van der Waals surface area contributed by atoms with Crippen LogP contribution in [0.2, 0.25) is 0 Å². The van der Waals surface area contributed by atoms with Crippen LogP contribution in [0.1, 0.15) is 18.1 Å². The van der Waals surface area contributed by atoms with Gasteiger partial charge in [0.25, 0.3) is 0 Å². The van der Waals surface area contributed by atoms with Gasteiger partial charge in [-0.3, -0.25) is 14.4 Å². The van der Waals surface area contributed by atoms with Crippen molar-refractivity contribution >= 4 is 41.5 Å². The number of carbonyl (C=O) groups excluding carboxylic acids is 1. The lowest BCUT2D eigenvalue weighted by Gasteiger charge is -2.35. The Morgan fingerprint density at radius 2 is 1.91 bits per heavy atom. The van der Waals surface area contributed by atoms with Crippen molar-refractivity contribution in [3.63, 3.8) is 0 Å². The van der Waals surface area contributed by atoms with Gasteiger partial charge in [-0.2, -0.15) is 5.10 Å². The van der Waals surface area contributed by atoms with Crippen molar-refractivity contribution in [2.24, 2.45) is 12.0 Å². The first-order valence-electron chi connectivity index (χ1n) is 11.3. The maximum Gasteiger partial charge on any atom is 0.246 e. The minimum atomic E-state index is 0. The lowest BCUT2D eigenvalue weighted by molar-refractivity contribution is -0.120. The van der Waals surface area contributed by atoms with Crippen molar-refractivity contribution in [1.82, 2.24) is 24.9 Å². The van der Waals surface area contributed by atoms with E-state index in [1.165, 1.54) is 11.1 Å². The Bertz CT molecular complexity index is 942. The number of hydrogen-bond acceptors (Lipinski definition) is 5. The minimum absolute atomic E-state index is 0. The van der Waals surface area contributed by atoms with E-state index in [1.54, 1.807) is 15.8 Å². The molecule has 9 nitrogen and oxygen atoms in total. The van der Waals surface area contributed by atoms with Crippen LogP contribution < -0.4 is 10.2 Å². The zero-order valence-corrected chi connectivity index (χ0v) is 21.8. The maximum absolute atomic E-state index is 12.8. The number of ether oxygens (including phenoxy) is 1. The number of nitrogens with zero attached hydrogens (tertiary/aromatic N) is 6. The van der Waals surface area contributed by atoms with Crippen LogP contribution in [0.4, 0.5) is 5.69 Å². The van der Waals surface area contributed by atoms with E-state index in [-0.39, 0.29) is 29.9 Å². The third kappa shape index (κ3) is 6.67. The van der Waals surface area contributed by atoms with Crippen molar-refractivity contribution in [1.29, 1.82) is 0 Å². The van der Waals surface area contributed by atoms with Gasteiger partial charge in [0.2, 0.25) is 5.91 Å². The van der Waals surface area contributed by atoms with E-state index in [0.717, 1.165) is 57.6 Å². The number of morpholine rings is 1. The van der Waals surface area contributed by atoms with Crippen molar-refractivity contribution in [2.45, 2.75) is 20.0 Å². The summed E-state index contributed by atoms with van der Waals surface area (Å²) < 4.78 is 7.19. The van der Waals surface area contributed by atoms with Gasteiger partial charge in [-0.05, 0) is 18.1 Å². The molecule has 2 aliphatic rings. The molecule has 1 amide bonds. The fraction of sp³-hybridized carbons (Fsp3) is 0.522. The lowest BCUT2D eigenvalue weighted by Crippen LogP contribution is -2.55. The number of piperazine rings is 1. The molecule has 33 heavy (non-hydrogen) atoms. The molecule has 0 spiro atoms. The van der Waals surface area contributed by atoms with Crippen molar-refractivity contribution in [3.8, 4) is 0 Å². The monoisotopic (exact) mass is 567 g/mol. The van der Waals surface area contributed by atoms with Gasteiger partial charge in [0.1, 0.15) is 6.54 Å². The molecule has 1 aromatic carbocycles. The largest absolute Gasteiger partial charge is 0.379 e. The predicted octanol–water partition coefficient (Wildman–Crippen LogP) is 1.68. The molecule has 0 aliphatic carbocycles. The Kier molecular flexibility index (Phi) is 9.51. The highest BCUT2D eigenvalue weighted by molar-refractivity contribution is 14.0. The number of nitrogens with one attached hydrogen (secondary N) is 1. The molecule has 4 rings (SSSR count). The average molecular weight is 567 g/mol. The SMILES string of the molecule is CCNC(=NCc1ccccc1CN1CCOCC1)N1CCN(c2cnn(C)c2)C(=O)C1.I. The van der Waals surface area contributed by atoms with Crippen LogP contribution in [0.15, 0.2) is 41.7 Å². The second kappa shape index (κ2) is 12.3. The zero-order valence-electron chi connectivity index (χ0n) is 19.4. The molecular weight excluding hydrogens is 533 g/mol. The van der Waals surface area contributed by atoms with E-state index in [4.69, 9.17) is 9.73 Å². The summed E-state index contributed by atoms with van der Waals surface area (Å²) in [6, 6.07) is 8.49. The standard InChI is InChI=1S/C23H33N7O2.HI/c1-3-24-23(29-8-9-30(22(31)18-29)21-15-26-27(2)17-21)25-14-19-6-4-5-7-20(19)16-28-10-12-32-13-11-28;/h4-7,15,17H,3,8-14,16,18H2,1-2H3,(H,24,25);1H. The first kappa shape index (κ1) is 25.4. The summed E-state index contributed by atoms with van der Waals surface area (Å²) >= 11 is 0. The molecule has 3 heterocycles. The van der Waals surface area contributed by atoms with Gasteiger partial charge in [0.15, 0.2) is 5.96 Å². The number of amides is 1. The van der Waals surface area contributed by atoms with Gasteiger partial charge in [-0.15, -0.1) is 24.0 Å². The molecule has 2 saturated heterocycles. The van der Waals surface area contributed by atoms with Gasteiger partial charge >= 0.3 is 0 Å². The molecule has 10 heteroatoms. The predicted molar refractivity (Wildman–Crippen MR) is 140 cm³/mol. The Morgan fingerprint density at radius 1 is 1.15 bits per heavy atom.